The highest BCUT2D eigenvalue weighted by atomic mass is 19.3. The second kappa shape index (κ2) is 11.8. The molecule has 0 unspecified atom stereocenters. The molecule has 1 aliphatic rings. The number of aliphatic hydroxyl groups is 1. The van der Waals surface area contributed by atoms with Crippen LogP contribution in [0.15, 0.2) is 24.3 Å². The van der Waals surface area contributed by atoms with Crippen molar-refractivity contribution in [2.45, 2.75) is 70.8 Å². The summed E-state index contributed by atoms with van der Waals surface area (Å²) in [5, 5.41) is 18.6. The number of Topliss-reactive ketones (excluding diaryl/α,β-unsaturated/α-hetero) is 1. The van der Waals surface area contributed by atoms with E-state index in [-0.39, 0.29) is 30.0 Å². The van der Waals surface area contributed by atoms with E-state index in [9.17, 15) is 23.5 Å². The second-order valence-electron chi connectivity index (χ2n) is 7.29. The molecular formula is C22H30F2O4. The normalized spacial score (nSPS) is 22.4. The Morgan fingerprint density at radius 1 is 1.36 bits per heavy atom. The number of unbranched alkanes of at least 4 members (excludes halogenated alkanes) is 1. The zero-order valence-corrected chi connectivity index (χ0v) is 16.5. The van der Waals surface area contributed by atoms with Crippen LogP contribution in [0, 0.1) is 29.6 Å². The molecule has 1 fully saturated rings. The van der Waals surface area contributed by atoms with Crippen LogP contribution >= 0.6 is 0 Å². The van der Waals surface area contributed by atoms with Crippen molar-refractivity contribution in [2.24, 2.45) is 17.8 Å². The largest absolute Gasteiger partial charge is 0.477 e. The first-order chi connectivity index (χ1) is 13.2. The van der Waals surface area contributed by atoms with Crippen molar-refractivity contribution < 1.29 is 28.6 Å². The zero-order chi connectivity index (χ0) is 21.2. The molecule has 1 aliphatic carbocycles. The molecule has 0 aliphatic heterocycles. The molecule has 4 atom stereocenters. The third kappa shape index (κ3) is 7.93. The molecular weight excluding hydrogens is 366 g/mol. The lowest BCUT2D eigenvalue weighted by Crippen LogP contribution is -2.27. The Kier molecular flexibility index (Phi) is 10.1. The Morgan fingerprint density at radius 3 is 2.71 bits per heavy atom. The molecule has 0 bridgehead atoms. The van der Waals surface area contributed by atoms with Crippen molar-refractivity contribution in [3.8, 4) is 11.8 Å². The number of rotatable bonds is 10. The Hall–Kier alpha value is -2.00. The number of allylic oxidation sites excluding steroid dienone is 3. The third-order valence-corrected chi connectivity index (χ3v) is 4.94. The van der Waals surface area contributed by atoms with E-state index in [1.54, 1.807) is 18.2 Å². The summed E-state index contributed by atoms with van der Waals surface area (Å²) >= 11 is 0. The first-order valence-corrected chi connectivity index (χ1v) is 9.81. The SMILES string of the molecule is CCC#CC[C@H](C)[C@H](O)/C=C/[C@H]1CCC(=O)[C@@H]1/C=C/CCCC(F)(F)C(=O)O. The van der Waals surface area contributed by atoms with Crippen molar-refractivity contribution in [3.05, 3.63) is 24.3 Å². The van der Waals surface area contributed by atoms with Gasteiger partial charge in [0, 0.05) is 31.6 Å². The number of aliphatic hydroxyl groups excluding tert-OH is 1. The van der Waals surface area contributed by atoms with E-state index in [0.717, 1.165) is 6.42 Å². The minimum absolute atomic E-state index is 0.00250. The van der Waals surface area contributed by atoms with Crippen LogP contribution in [0.2, 0.25) is 0 Å². The van der Waals surface area contributed by atoms with Crippen LogP contribution in [0.5, 0.6) is 0 Å². The van der Waals surface area contributed by atoms with Gasteiger partial charge in [-0.25, -0.2) is 4.79 Å². The molecule has 1 rings (SSSR count). The van der Waals surface area contributed by atoms with Gasteiger partial charge in [-0.2, -0.15) is 8.78 Å². The summed E-state index contributed by atoms with van der Waals surface area (Å²) in [5.74, 6) is -0.0780. The van der Waals surface area contributed by atoms with Crippen molar-refractivity contribution in [2.75, 3.05) is 0 Å². The third-order valence-electron chi connectivity index (χ3n) is 4.94. The van der Waals surface area contributed by atoms with E-state index < -0.39 is 24.4 Å². The molecule has 0 aromatic rings. The molecule has 0 aromatic heterocycles. The lowest BCUT2D eigenvalue weighted by molar-refractivity contribution is -0.165. The minimum Gasteiger partial charge on any atom is -0.477 e. The number of halogens is 2. The lowest BCUT2D eigenvalue weighted by atomic mass is 9.92. The van der Waals surface area contributed by atoms with Crippen LogP contribution in [0.3, 0.4) is 0 Å². The van der Waals surface area contributed by atoms with Gasteiger partial charge in [0.2, 0.25) is 0 Å². The van der Waals surface area contributed by atoms with Crippen molar-refractivity contribution in [1.82, 2.24) is 0 Å². The molecule has 4 nitrogen and oxygen atoms in total. The monoisotopic (exact) mass is 396 g/mol. The first kappa shape index (κ1) is 24.0. The van der Waals surface area contributed by atoms with Gasteiger partial charge in [0.05, 0.1) is 6.10 Å². The number of hydrogen-bond acceptors (Lipinski definition) is 3. The van der Waals surface area contributed by atoms with Gasteiger partial charge < -0.3 is 10.2 Å². The molecule has 0 saturated heterocycles. The standard InChI is InChI=1S/C22H30F2O4/c1-3-4-6-9-16(2)19(25)13-11-17-12-14-20(26)18(17)10-7-5-8-15-22(23,24)21(27)28/h7,10-11,13,16-19,25H,3,5,8-9,12,14-15H2,1-2H3,(H,27,28)/b10-7+,13-11+/t16-,17-,18+,19+/m0/s1. The van der Waals surface area contributed by atoms with Gasteiger partial charge in [0.1, 0.15) is 5.78 Å². The van der Waals surface area contributed by atoms with Crippen molar-refractivity contribution >= 4 is 11.8 Å². The number of carboxylic acid groups (broad SMARTS) is 1. The van der Waals surface area contributed by atoms with Crippen LogP contribution in [0.25, 0.3) is 0 Å². The molecule has 0 spiro atoms. The highest BCUT2D eigenvalue weighted by Crippen LogP contribution is 2.32. The number of alkyl halides is 2. The molecule has 0 heterocycles. The van der Waals surface area contributed by atoms with Crippen LogP contribution < -0.4 is 0 Å². The van der Waals surface area contributed by atoms with Gasteiger partial charge in [-0.05, 0) is 31.1 Å². The Bertz CT molecular complexity index is 643. The highest BCUT2D eigenvalue weighted by molar-refractivity contribution is 5.85. The molecule has 1 saturated carbocycles. The summed E-state index contributed by atoms with van der Waals surface area (Å²) in [6.45, 7) is 3.89. The molecule has 2 N–H and O–H groups in total. The fourth-order valence-corrected chi connectivity index (χ4v) is 3.08. The maximum Gasteiger partial charge on any atom is 0.374 e. The fraction of sp³-hybridized carbons (Fsp3) is 0.636. The van der Waals surface area contributed by atoms with Crippen LogP contribution in [-0.2, 0) is 9.59 Å². The number of carbonyl (C=O) groups excluding carboxylic acids is 1. The van der Waals surface area contributed by atoms with E-state index in [4.69, 9.17) is 5.11 Å². The van der Waals surface area contributed by atoms with Gasteiger partial charge in [-0.1, -0.05) is 38.2 Å². The van der Waals surface area contributed by atoms with E-state index in [0.29, 0.717) is 25.7 Å². The quantitative estimate of drug-likeness (QED) is 0.326. The van der Waals surface area contributed by atoms with Crippen molar-refractivity contribution in [1.29, 1.82) is 0 Å². The molecule has 0 amide bonds. The number of aliphatic carboxylic acids is 1. The van der Waals surface area contributed by atoms with E-state index in [1.165, 1.54) is 0 Å². The highest BCUT2D eigenvalue weighted by Gasteiger charge is 2.37. The first-order valence-electron chi connectivity index (χ1n) is 9.81. The maximum absolute atomic E-state index is 13.0. The van der Waals surface area contributed by atoms with Gasteiger partial charge >= 0.3 is 11.9 Å². The van der Waals surface area contributed by atoms with Crippen LogP contribution in [0.1, 0.15) is 58.8 Å². The van der Waals surface area contributed by atoms with E-state index in [2.05, 4.69) is 11.8 Å². The fourth-order valence-electron chi connectivity index (χ4n) is 3.08. The molecule has 0 aromatic carbocycles. The number of ketones is 1. The van der Waals surface area contributed by atoms with Gasteiger partial charge in [0.25, 0.3) is 0 Å². The van der Waals surface area contributed by atoms with Crippen LogP contribution in [0.4, 0.5) is 8.78 Å². The predicted molar refractivity (Wildman–Crippen MR) is 104 cm³/mol. The predicted octanol–water partition coefficient (Wildman–Crippen LogP) is 4.38. The second-order valence-corrected chi connectivity index (χ2v) is 7.29. The lowest BCUT2D eigenvalue weighted by Gasteiger charge is -2.15. The summed E-state index contributed by atoms with van der Waals surface area (Å²) in [6, 6.07) is 0. The summed E-state index contributed by atoms with van der Waals surface area (Å²) in [7, 11) is 0. The summed E-state index contributed by atoms with van der Waals surface area (Å²) in [4.78, 5) is 22.5. The number of hydrogen-bond donors (Lipinski definition) is 2. The average Bonchev–Trinajstić information content (AvgIpc) is 2.99. The minimum atomic E-state index is -3.71. The molecule has 156 valence electrons. The summed E-state index contributed by atoms with van der Waals surface area (Å²) in [6.07, 6.45) is 8.49. The molecule has 6 heteroatoms. The smallest absolute Gasteiger partial charge is 0.374 e. The number of carbonyl (C=O) groups is 2. The number of carboxylic acids is 1. The molecule has 0 radical (unpaired) electrons. The maximum atomic E-state index is 13.0. The Balaban J connectivity index is 2.54. The summed E-state index contributed by atoms with van der Waals surface area (Å²) < 4.78 is 26.0. The van der Waals surface area contributed by atoms with E-state index >= 15 is 0 Å². The summed E-state index contributed by atoms with van der Waals surface area (Å²) in [5.41, 5.74) is 0. The van der Waals surface area contributed by atoms with E-state index in [1.807, 2.05) is 19.9 Å². The van der Waals surface area contributed by atoms with Gasteiger partial charge in [0.15, 0.2) is 0 Å². The van der Waals surface area contributed by atoms with Crippen molar-refractivity contribution in [3.63, 3.8) is 0 Å². The topological polar surface area (TPSA) is 74.6 Å². The Morgan fingerprint density at radius 2 is 2.07 bits per heavy atom. The Labute approximate surface area is 165 Å². The van der Waals surface area contributed by atoms with Crippen LogP contribution in [-0.4, -0.2) is 34.0 Å². The van der Waals surface area contributed by atoms with Gasteiger partial charge in [-0.15, -0.1) is 11.8 Å². The van der Waals surface area contributed by atoms with Gasteiger partial charge in [-0.3, -0.25) is 4.79 Å². The zero-order valence-electron chi connectivity index (χ0n) is 16.5. The molecule has 28 heavy (non-hydrogen) atoms. The average molecular weight is 396 g/mol.